The van der Waals surface area contributed by atoms with Crippen molar-refractivity contribution in [3.8, 4) is 0 Å². The Morgan fingerprint density at radius 2 is 2.04 bits per heavy atom. The van der Waals surface area contributed by atoms with Gasteiger partial charge in [0.2, 0.25) is 10.0 Å². The molecule has 1 unspecified atom stereocenters. The number of benzene rings is 1. The van der Waals surface area contributed by atoms with E-state index in [-0.39, 0.29) is 36.8 Å². The number of morpholine rings is 1. The quantitative estimate of drug-likeness (QED) is 0.700. The highest BCUT2D eigenvalue weighted by Crippen LogP contribution is 2.16. The SMILES string of the molecule is C=CCNS(=O)(=O)c1ccc(C(=O)N2CCOCC2C(=O)O)cc1. The van der Waals surface area contributed by atoms with E-state index in [1.807, 2.05) is 0 Å². The second-order valence-corrected chi connectivity index (χ2v) is 6.86. The van der Waals surface area contributed by atoms with Crippen LogP contribution >= 0.6 is 0 Å². The summed E-state index contributed by atoms with van der Waals surface area (Å²) in [6.45, 7) is 3.88. The molecule has 2 rings (SSSR count). The van der Waals surface area contributed by atoms with Gasteiger partial charge in [0.05, 0.1) is 18.1 Å². The Balaban J connectivity index is 2.19. The Morgan fingerprint density at radius 1 is 1.38 bits per heavy atom. The molecule has 1 heterocycles. The number of carboxylic acids is 1. The lowest BCUT2D eigenvalue weighted by atomic mass is 10.1. The van der Waals surface area contributed by atoms with Gasteiger partial charge in [-0.3, -0.25) is 4.79 Å². The van der Waals surface area contributed by atoms with Crippen LogP contribution in [0.4, 0.5) is 0 Å². The minimum absolute atomic E-state index is 0.0117. The zero-order valence-electron chi connectivity index (χ0n) is 12.8. The van der Waals surface area contributed by atoms with E-state index < -0.39 is 27.9 Å². The fraction of sp³-hybridized carbons (Fsp3) is 0.333. The molecule has 1 aliphatic rings. The van der Waals surface area contributed by atoms with Crippen LogP contribution in [-0.2, 0) is 19.6 Å². The van der Waals surface area contributed by atoms with Gasteiger partial charge in [0.25, 0.3) is 5.91 Å². The second kappa shape index (κ2) is 7.56. The van der Waals surface area contributed by atoms with E-state index in [2.05, 4.69) is 11.3 Å². The van der Waals surface area contributed by atoms with Gasteiger partial charge in [0.1, 0.15) is 0 Å². The predicted octanol–water partition coefficient (Wildman–Crippen LogP) is 0.0765. The first-order valence-corrected chi connectivity index (χ1v) is 8.67. The number of hydrogen-bond acceptors (Lipinski definition) is 5. The number of hydrogen-bond donors (Lipinski definition) is 2. The maximum absolute atomic E-state index is 12.5. The zero-order chi connectivity index (χ0) is 17.7. The Hall–Kier alpha value is -2.23. The van der Waals surface area contributed by atoms with Crippen molar-refractivity contribution < 1.29 is 27.9 Å². The largest absolute Gasteiger partial charge is 0.480 e. The van der Waals surface area contributed by atoms with Crippen molar-refractivity contribution in [3.05, 3.63) is 42.5 Å². The normalized spacial score (nSPS) is 18.2. The zero-order valence-corrected chi connectivity index (χ0v) is 13.7. The monoisotopic (exact) mass is 354 g/mol. The molecule has 0 radical (unpaired) electrons. The maximum Gasteiger partial charge on any atom is 0.328 e. The summed E-state index contributed by atoms with van der Waals surface area (Å²) in [5, 5.41) is 9.17. The van der Waals surface area contributed by atoms with E-state index in [0.717, 1.165) is 0 Å². The van der Waals surface area contributed by atoms with Crippen molar-refractivity contribution in [2.75, 3.05) is 26.3 Å². The van der Waals surface area contributed by atoms with Gasteiger partial charge in [-0.05, 0) is 24.3 Å². The van der Waals surface area contributed by atoms with E-state index in [0.29, 0.717) is 0 Å². The molecule has 1 atom stereocenters. The number of aliphatic carboxylic acids is 1. The summed E-state index contributed by atoms with van der Waals surface area (Å²) in [7, 11) is -3.67. The lowest BCUT2D eigenvalue weighted by Crippen LogP contribution is -2.52. The molecule has 1 amide bonds. The summed E-state index contributed by atoms with van der Waals surface area (Å²) in [4.78, 5) is 24.9. The molecular weight excluding hydrogens is 336 g/mol. The minimum Gasteiger partial charge on any atom is -0.480 e. The molecule has 1 aromatic rings. The molecule has 130 valence electrons. The number of carbonyl (C=O) groups is 2. The van der Waals surface area contributed by atoms with Gasteiger partial charge in [-0.2, -0.15) is 0 Å². The molecule has 1 saturated heterocycles. The molecule has 0 saturated carbocycles. The summed E-state index contributed by atoms with van der Waals surface area (Å²) in [6.07, 6.45) is 1.42. The second-order valence-electron chi connectivity index (χ2n) is 5.09. The van der Waals surface area contributed by atoms with Gasteiger partial charge in [-0.25, -0.2) is 17.9 Å². The van der Waals surface area contributed by atoms with Crippen LogP contribution in [0.1, 0.15) is 10.4 Å². The third-order valence-electron chi connectivity index (χ3n) is 3.50. The highest BCUT2D eigenvalue weighted by Gasteiger charge is 2.33. The molecule has 1 aliphatic heterocycles. The highest BCUT2D eigenvalue weighted by molar-refractivity contribution is 7.89. The van der Waals surface area contributed by atoms with Crippen molar-refractivity contribution in [1.82, 2.24) is 9.62 Å². The number of ether oxygens (including phenoxy) is 1. The average Bonchev–Trinajstić information content (AvgIpc) is 2.59. The summed E-state index contributed by atoms with van der Waals surface area (Å²) in [5.41, 5.74) is 0.214. The Morgan fingerprint density at radius 3 is 2.62 bits per heavy atom. The number of nitrogens with one attached hydrogen (secondary N) is 1. The van der Waals surface area contributed by atoms with Crippen LogP contribution in [0.5, 0.6) is 0 Å². The van der Waals surface area contributed by atoms with Crippen LogP contribution in [0.2, 0.25) is 0 Å². The van der Waals surface area contributed by atoms with E-state index in [1.165, 1.54) is 35.2 Å². The summed E-state index contributed by atoms with van der Waals surface area (Å²) in [6, 6.07) is 4.27. The predicted molar refractivity (Wildman–Crippen MR) is 85.1 cm³/mol. The van der Waals surface area contributed by atoms with E-state index in [4.69, 9.17) is 9.84 Å². The lowest BCUT2D eigenvalue weighted by Gasteiger charge is -2.32. The summed E-state index contributed by atoms with van der Waals surface area (Å²) < 4.78 is 31.3. The Labute approximate surface area is 139 Å². The number of sulfonamides is 1. The number of carboxylic acid groups (broad SMARTS) is 1. The first-order valence-electron chi connectivity index (χ1n) is 7.19. The molecule has 2 N–H and O–H groups in total. The maximum atomic E-state index is 12.5. The van der Waals surface area contributed by atoms with E-state index in [9.17, 15) is 18.0 Å². The van der Waals surface area contributed by atoms with Crippen molar-refractivity contribution in [2.45, 2.75) is 10.9 Å². The van der Waals surface area contributed by atoms with Crippen molar-refractivity contribution in [3.63, 3.8) is 0 Å². The van der Waals surface area contributed by atoms with Crippen LogP contribution in [-0.4, -0.2) is 62.6 Å². The smallest absolute Gasteiger partial charge is 0.328 e. The Bertz CT molecular complexity index is 729. The first kappa shape index (κ1) is 18.1. The van der Waals surface area contributed by atoms with Crippen LogP contribution in [0.25, 0.3) is 0 Å². The van der Waals surface area contributed by atoms with Crippen molar-refractivity contribution in [2.24, 2.45) is 0 Å². The molecule has 9 heteroatoms. The fourth-order valence-electron chi connectivity index (χ4n) is 2.25. The summed E-state index contributed by atoms with van der Waals surface area (Å²) in [5.74, 6) is -1.62. The lowest BCUT2D eigenvalue weighted by molar-refractivity contribution is -0.147. The Kier molecular flexibility index (Phi) is 5.71. The van der Waals surface area contributed by atoms with Crippen LogP contribution in [0.15, 0.2) is 41.8 Å². The average molecular weight is 354 g/mol. The third-order valence-corrected chi connectivity index (χ3v) is 4.94. The molecule has 1 fully saturated rings. The van der Waals surface area contributed by atoms with Gasteiger partial charge in [0.15, 0.2) is 6.04 Å². The number of nitrogens with zero attached hydrogens (tertiary/aromatic N) is 1. The van der Waals surface area contributed by atoms with Crippen LogP contribution in [0.3, 0.4) is 0 Å². The number of amides is 1. The molecular formula is C15H18N2O6S. The molecule has 1 aromatic carbocycles. The van der Waals surface area contributed by atoms with Gasteiger partial charge in [-0.1, -0.05) is 6.08 Å². The van der Waals surface area contributed by atoms with Crippen LogP contribution < -0.4 is 4.72 Å². The van der Waals surface area contributed by atoms with Crippen molar-refractivity contribution in [1.29, 1.82) is 0 Å². The molecule has 0 aromatic heterocycles. The first-order chi connectivity index (χ1) is 11.4. The van der Waals surface area contributed by atoms with Gasteiger partial charge in [-0.15, -0.1) is 6.58 Å². The van der Waals surface area contributed by atoms with Gasteiger partial charge < -0.3 is 14.7 Å². The molecule has 0 aliphatic carbocycles. The number of rotatable bonds is 6. The van der Waals surface area contributed by atoms with Crippen molar-refractivity contribution >= 4 is 21.9 Å². The van der Waals surface area contributed by atoms with Gasteiger partial charge in [0, 0.05) is 18.7 Å². The molecule has 8 nitrogen and oxygen atoms in total. The van der Waals surface area contributed by atoms with E-state index in [1.54, 1.807) is 0 Å². The van der Waals surface area contributed by atoms with Gasteiger partial charge >= 0.3 is 5.97 Å². The van der Waals surface area contributed by atoms with Crippen LogP contribution in [0, 0.1) is 0 Å². The topological polar surface area (TPSA) is 113 Å². The summed E-state index contributed by atoms with van der Waals surface area (Å²) >= 11 is 0. The molecule has 0 bridgehead atoms. The standard InChI is InChI=1S/C15H18N2O6S/c1-2-7-16-24(21,22)12-5-3-11(4-6-12)14(18)17-8-9-23-10-13(17)15(19)20/h2-6,13,16H,1,7-10H2,(H,19,20). The minimum atomic E-state index is -3.67. The highest BCUT2D eigenvalue weighted by atomic mass is 32.2. The van der Waals surface area contributed by atoms with E-state index >= 15 is 0 Å². The molecule has 24 heavy (non-hydrogen) atoms. The molecule has 0 spiro atoms. The fourth-order valence-corrected chi connectivity index (χ4v) is 3.24. The number of carbonyl (C=O) groups excluding carboxylic acids is 1. The third kappa shape index (κ3) is 3.99.